The minimum atomic E-state index is -0.909. The van der Waals surface area contributed by atoms with E-state index in [0.29, 0.717) is 0 Å². The van der Waals surface area contributed by atoms with E-state index in [2.05, 4.69) is 10.3 Å². The van der Waals surface area contributed by atoms with Gasteiger partial charge in [-0.15, -0.1) is 0 Å². The van der Waals surface area contributed by atoms with E-state index in [4.69, 9.17) is 11.6 Å². The van der Waals surface area contributed by atoms with Crippen molar-refractivity contribution < 1.29 is 9.50 Å². The second-order valence-electron chi connectivity index (χ2n) is 3.65. The Hall–Kier alpha value is -0.870. The van der Waals surface area contributed by atoms with Gasteiger partial charge in [-0.1, -0.05) is 11.6 Å². The molecule has 0 radical (unpaired) electrons. The van der Waals surface area contributed by atoms with Crippen molar-refractivity contribution in [3.63, 3.8) is 0 Å². The fourth-order valence-corrected chi connectivity index (χ4v) is 0.989. The number of hydrogen-bond donors (Lipinski definition) is 2. The lowest BCUT2D eigenvalue weighted by molar-refractivity contribution is 0.0943. The maximum Gasteiger partial charge on any atom is 0.166 e. The molecular weight excluding hydrogens is 207 g/mol. The van der Waals surface area contributed by atoms with Crippen LogP contribution in [0.5, 0.6) is 0 Å². The molecule has 0 amide bonds. The number of pyridine rings is 1. The van der Waals surface area contributed by atoms with Crippen molar-refractivity contribution in [2.24, 2.45) is 0 Å². The zero-order valence-electron chi connectivity index (χ0n) is 8.01. The molecule has 5 heteroatoms. The van der Waals surface area contributed by atoms with Crippen LogP contribution in [0.3, 0.4) is 0 Å². The van der Waals surface area contributed by atoms with Crippen LogP contribution in [0.1, 0.15) is 13.8 Å². The van der Waals surface area contributed by atoms with Crippen molar-refractivity contribution >= 4 is 17.4 Å². The Kier molecular flexibility index (Phi) is 3.29. The number of aliphatic hydroxyl groups is 1. The maximum atomic E-state index is 13.1. The Labute approximate surface area is 86.9 Å². The third kappa shape index (κ3) is 3.47. The van der Waals surface area contributed by atoms with Crippen LogP contribution in [0.15, 0.2) is 12.3 Å². The number of nitrogens with zero attached hydrogens (tertiary/aromatic N) is 1. The van der Waals surface area contributed by atoms with Crippen molar-refractivity contribution in [1.82, 2.24) is 4.98 Å². The van der Waals surface area contributed by atoms with Gasteiger partial charge >= 0.3 is 0 Å². The Morgan fingerprint density at radius 2 is 2.29 bits per heavy atom. The number of hydrogen-bond acceptors (Lipinski definition) is 3. The lowest BCUT2D eigenvalue weighted by atomic mass is 10.1. The molecule has 2 N–H and O–H groups in total. The normalized spacial score (nSPS) is 11.5. The van der Waals surface area contributed by atoms with Crippen molar-refractivity contribution in [1.29, 1.82) is 0 Å². The Morgan fingerprint density at radius 3 is 2.79 bits per heavy atom. The van der Waals surface area contributed by atoms with E-state index in [1.807, 2.05) is 0 Å². The minimum absolute atomic E-state index is 0.0940. The number of rotatable bonds is 3. The zero-order chi connectivity index (χ0) is 10.8. The summed E-state index contributed by atoms with van der Waals surface area (Å²) in [6.45, 7) is 3.46. The molecular formula is C9H12ClFN2O. The van der Waals surface area contributed by atoms with Crippen LogP contribution in [0, 0.1) is 5.82 Å². The summed E-state index contributed by atoms with van der Waals surface area (Å²) in [7, 11) is 0. The summed E-state index contributed by atoms with van der Waals surface area (Å²) in [6.07, 6.45) is 1.34. The molecule has 0 saturated carbocycles. The summed E-state index contributed by atoms with van der Waals surface area (Å²) in [4.78, 5) is 3.75. The maximum absolute atomic E-state index is 13.1. The average Bonchev–Trinajstić information content (AvgIpc) is 2.00. The number of anilines is 1. The second kappa shape index (κ2) is 4.11. The van der Waals surface area contributed by atoms with Gasteiger partial charge in [0.15, 0.2) is 11.6 Å². The lowest BCUT2D eigenvalue weighted by Crippen LogP contribution is -2.29. The number of halogens is 2. The van der Waals surface area contributed by atoms with Gasteiger partial charge in [0.2, 0.25) is 0 Å². The molecule has 0 atom stereocenters. The van der Waals surface area contributed by atoms with E-state index in [9.17, 15) is 9.50 Å². The van der Waals surface area contributed by atoms with Gasteiger partial charge < -0.3 is 10.4 Å². The van der Waals surface area contributed by atoms with Gasteiger partial charge in [-0.05, 0) is 19.9 Å². The first-order valence-corrected chi connectivity index (χ1v) is 4.53. The highest BCUT2D eigenvalue weighted by molar-refractivity contribution is 6.30. The molecule has 0 aliphatic carbocycles. The Bertz CT molecular complexity index is 325. The molecule has 78 valence electrons. The van der Waals surface area contributed by atoms with E-state index in [1.54, 1.807) is 13.8 Å². The minimum Gasteiger partial charge on any atom is -0.389 e. The average molecular weight is 219 g/mol. The monoisotopic (exact) mass is 218 g/mol. The molecule has 0 bridgehead atoms. The molecule has 3 nitrogen and oxygen atoms in total. The third-order valence-electron chi connectivity index (χ3n) is 1.50. The summed E-state index contributed by atoms with van der Waals surface area (Å²) >= 11 is 5.53. The van der Waals surface area contributed by atoms with Crippen LogP contribution in [0.25, 0.3) is 0 Å². The van der Waals surface area contributed by atoms with Crippen LogP contribution in [0.4, 0.5) is 10.2 Å². The summed E-state index contributed by atoms with van der Waals surface area (Å²) in [5.74, 6) is -0.432. The van der Waals surface area contributed by atoms with Crippen LogP contribution < -0.4 is 5.32 Å². The lowest BCUT2D eigenvalue weighted by Gasteiger charge is -2.18. The quantitative estimate of drug-likeness (QED) is 0.816. The SMILES string of the molecule is CC(C)(O)CNc1ncc(Cl)cc1F. The van der Waals surface area contributed by atoms with E-state index >= 15 is 0 Å². The molecule has 0 spiro atoms. The van der Waals surface area contributed by atoms with Crippen molar-refractivity contribution in [2.45, 2.75) is 19.4 Å². The predicted octanol–water partition coefficient (Wildman–Crippen LogP) is 2.06. The molecule has 0 aliphatic rings. The van der Waals surface area contributed by atoms with Gasteiger partial charge in [-0.25, -0.2) is 9.37 Å². The summed E-state index contributed by atoms with van der Waals surface area (Å²) < 4.78 is 13.1. The fraction of sp³-hybridized carbons (Fsp3) is 0.444. The van der Waals surface area contributed by atoms with Crippen LogP contribution in [-0.4, -0.2) is 22.2 Å². The highest BCUT2D eigenvalue weighted by Crippen LogP contribution is 2.16. The zero-order valence-corrected chi connectivity index (χ0v) is 8.77. The highest BCUT2D eigenvalue weighted by atomic mass is 35.5. The van der Waals surface area contributed by atoms with E-state index in [1.165, 1.54) is 12.3 Å². The van der Waals surface area contributed by atoms with Gasteiger partial charge in [0.05, 0.1) is 10.6 Å². The molecule has 0 fully saturated rings. The first kappa shape index (κ1) is 11.2. The summed E-state index contributed by atoms with van der Waals surface area (Å²) in [6, 6.07) is 1.17. The van der Waals surface area contributed by atoms with E-state index < -0.39 is 11.4 Å². The Morgan fingerprint density at radius 1 is 1.64 bits per heavy atom. The predicted molar refractivity (Wildman–Crippen MR) is 54.0 cm³/mol. The first-order valence-electron chi connectivity index (χ1n) is 4.16. The third-order valence-corrected chi connectivity index (χ3v) is 1.70. The van der Waals surface area contributed by atoms with Crippen molar-refractivity contribution in [2.75, 3.05) is 11.9 Å². The van der Waals surface area contributed by atoms with Gasteiger partial charge in [-0.2, -0.15) is 0 Å². The summed E-state index contributed by atoms with van der Waals surface area (Å²) in [5.41, 5.74) is -0.909. The molecule has 0 unspecified atom stereocenters. The van der Waals surface area contributed by atoms with Gasteiger partial charge in [-0.3, -0.25) is 0 Å². The number of nitrogens with one attached hydrogen (secondary N) is 1. The van der Waals surface area contributed by atoms with Gasteiger partial charge in [0.1, 0.15) is 0 Å². The van der Waals surface area contributed by atoms with Gasteiger partial charge in [0, 0.05) is 12.7 Å². The topological polar surface area (TPSA) is 45.1 Å². The van der Waals surface area contributed by atoms with Gasteiger partial charge in [0.25, 0.3) is 0 Å². The molecule has 1 aromatic rings. The Balaban J connectivity index is 2.68. The molecule has 14 heavy (non-hydrogen) atoms. The van der Waals surface area contributed by atoms with Crippen molar-refractivity contribution in [3.05, 3.63) is 23.1 Å². The van der Waals surface area contributed by atoms with Crippen LogP contribution in [-0.2, 0) is 0 Å². The van der Waals surface area contributed by atoms with E-state index in [0.717, 1.165) is 0 Å². The largest absolute Gasteiger partial charge is 0.389 e. The molecule has 1 heterocycles. The molecule has 1 aromatic heterocycles. The number of aromatic nitrogens is 1. The molecule has 0 aromatic carbocycles. The molecule has 1 rings (SSSR count). The molecule has 0 aliphatic heterocycles. The smallest absolute Gasteiger partial charge is 0.166 e. The van der Waals surface area contributed by atoms with Crippen molar-refractivity contribution in [3.8, 4) is 0 Å². The fourth-order valence-electron chi connectivity index (χ4n) is 0.845. The second-order valence-corrected chi connectivity index (χ2v) is 4.09. The van der Waals surface area contributed by atoms with Crippen LogP contribution in [0.2, 0.25) is 5.02 Å². The summed E-state index contributed by atoms with van der Waals surface area (Å²) in [5, 5.41) is 12.3. The van der Waals surface area contributed by atoms with Crippen LogP contribution >= 0.6 is 11.6 Å². The first-order chi connectivity index (χ1) is 6.38. The standard InChI is InChI=1S/C9H12ClFN2O/c1-9(2,14)5-13-8-7(11)3-6(10)4-12-8/h3-4,14H,5H2,1-2H3,(H,12,13). The highest BCUT2D eigenvalue weighted by Gasteiger charge is 2.13. The van der Waals surface area contributed by atoms with E-state index in [-0.39, 0.29) is 17.4 Å². The molecule has 0 saturated heterocycles.